The van der Waals surface area contributed by atoms with Crippen molar-refractivity contribution in [2.24, 2.45) is 0 Å². The van der Waals surface area contributed by atoms with E-state index >= 15 is 0 Å². The summed E-state index contributed by atoms with van der Waals surface area (Å²) < 4.78 is 0. The van der Waals surface area contributed by atoms with Gasteiger partial charge in [-0.1, -0.05) is 54.6 Å². The second-order valence-electron chi connectivity index (χ2n) is 9.24. The van der Waals surface area contributed by atoms with Crippen molar-refractivity contribution < 1.29 is 19.8 Å². The fourth-order valence-corrected chi connectivity index (χ4v) is 4.53. The summed E-state index contributed by atoms with van der Waals surface area (Å²) in [7, 11) is 0. The van der Waals surface area contributed by atoms with E-state index in [4.69, 9.17) is 0 Å². The number of nitrogens with one attached hydrogen (secondary N) is 3. The predicted molar refractivity (Wildman–Crippen MR) is 146 cm³/mol. The van der Waals surface area contributed by atoms with E-state index in [1.807, 2.05) is 60.8 Å². The van der Waals surface area contributed by atoms with Gasteiger partial charge in [0.2, 0.25) is 5.91 Å². The molecular formula is C30H28N4O4. The Balaban J connectivity index is 1.35. The van der Waals surface area contributed by atoms with Gasteiger partial charge in [-0.05, 0) is 47.9 Å². The van der Waals surface area contributed by atoms with Crippen molar-refractivity contribution in [3.8, 4) is 5.75 Å². The van der Waals surface area contributed by atoms with Gasteiger partial charge in [-0.3, -0.25) is 9.59 Å². The minimum atomic E-state index is -0.933. The van der Waals surface area contributed by atoms with Gasteiger partial charge in [-0.25, -0.2) is 4.98 Å². The summed E-state index contributed by atoms with van der Waals surface area (Å²) in [6.45, 7) is -0.267. The number of phenols is 1. The summed E-state index contributed by atoms with van der Waals surface area (Å²) in [5.74, 6) is -0.795. The molecule has 0 aliphatic heterocycles. The van der Waals surface area contributed by atoms with Crippen molar-refractivity contribution in [2.75, 3.05) is 6.61 Å². The minimum absolute atomic E-state index is 0.109. The molecule has 0 saturated heterocycles. The van der Waals surface area contributed by atoms with E-state index in [1.165, 1.54) is 12.1 Å². The molecule has 0 bridgehead atoms. The number of fused-ring (bicyclic) bond motifs is 2. The smallest absolute Gasteiger partial charge is 0.270 e. The van der Waals surface area contributed by atoms with Crippen molar-refractivity contribution in [2.45, 2.75) is 24.9 Å². The minimum Gasteiger partial charge on any atom is -0.508 e. The second kappa shape index (κ2) is 11.1. The highest BCUT2D eigenvalue weighted by Gasteiger charge is 2.25. The maximum Gasteiger partial charge on any atom is 0.270 e. The van der Waals surface area contributed by atoms with Crippen LogP contribution in [0.4, 0.5) is 0 Å². The summed E-state index contributed by atoms with van der Waals surface area (Å²) >= 11 is 0. The molecule has 5 aromatic rings. The molecule has 3 aromatic carbocycles. The maximum atomic E-state index is 13.4. The van der Waals surface area contributed by atoms with E-state index in [0.29, 0.717) is 11.9 Å². The third-order valence-electron chi connectivity index (χ3n) is 6.54. The number of carbonyl (C=O) groups excluding carboxylic acids is 2. The number of nitrogens with zero attached hydrogens (tertiary/aromatic N) is 1. The average molecular weight is 509 g/mol. The lowest BCUT2D eigenvalue weighted by atomic mass is 10.0. The standard InChI is InChI=1S/C30H28N4O4/c35-18-22(16-21-17-31-26-8-4-2-6-24(21)26)32-30(38)28(15-19-9-12-23(36)13-10-19)34-29(37)27-14-11-20-5-1-3-7-25(20)33-27/h1-14,17,22,28,31,35-36H,15-16,18H2,(H,32,38)(H,34,37)/t22-,28-/m0/s1. The molecule has 0 spiro atoms. The Morgan fingerprint density at radius 1 is 0.868 bits per heavy atom. The molecule has 0 aliphatic carbocycles. The van der Waals surface area contributed by atoms with Gasteiger partial charge in [0, 0.05) is 28.9 Å². The number of aliphatic hydroxyl groups excluding tert-OH is 1. The SMILES string of the molecule is O=C(N[C@@H](Cc1ccc(O)cc1)C(=O)N[C@H](CO)Cc1c[nH]c2ccccc12)c1ccc2ccccc2n1. The Bertz CT molecular complexity index is 1580. The number of aromatic amines is 1. The second-order valence-corrected chi connectivity index (χ2v) is 9.24. The molecule has 0 radical (unpaired) electrons. The van der Waals surface area contributed by atoms with Crippen LogP contribution in [-0.2, 0) is 17.6 Å². The zero-order valence-corrected chi connectivity index (χ0v) is 20.6. The van der Waals surface area contributed by atoms with Crippen LogP contribution in [0.15, 0.2) is 91.1 Å². The number of aromatic hydroxyl groups is 1. The highest BCUT2D eigenvalue weighted by Crippen LogP contribution is 2.19. The summed E-state index contributed by atoms with van der Waals surface area (Å²) in [5, 5.41) is 27.3. The Labute approximate surface area is 219 Å². The van der Waals surface area contributed by atoms with Crippen molar-refractivity contribution in [3.63, 3.8) is 0 Å². The first-order valence-electron chi connectivity index (χ1n) is 12.4. The van der Waals surface area contributed by atoms with Gasteiger partial charge >= 0.3 is 0 Å². The largest absolute Gasteiger partial charge is 0.508 e. The molecule has 0 unspecified atom stereocenters. The molecule has 8 nitrogen and oxygen atoms in total. The number of para-hydroxylation sites is 2. The Kier molecular flexibility index (Phi) is 7.33. The van der Waals surface area contributed by atoms with Crippen LogP contribution in [-0.4, -0.2) is 50.7 Å². The first kappa shape index (κ1) is 25.0. The quantitative estimate of drug-likeness (QED) is 0.208. The Morgan fingerprint density at radius 2 is 1.63 bits per heavy atom. The summed E-state index contributed by atoms with van der Waals surface area (Å²) in [6.07, 6.45) is 2.48. The van der Waals surface area contributed by atoms with Crippen molar-refractivity contribution >= 4 is 33.6 Å². The average Bonchev–Trinajstić information content (AvgIpc) is 3.35. The number of benzene rings is 3. The van der Waals surface area contributed by atoms with E-state index < -0.39 is 23.9 Å². The molecule has 2 heterocycles. The van der Waals surface area contributed by atoms with Crippen LogP contribution >= 0.6 is 0 Å². The van der Waals surface area contributed by atoms with Crippen molar-refractivity contribution in [1.82, 2.24) is 20.6 Å². The van der Waals surface area contributed by atoms with Crippen LogP contribution in [0.2, 0.25) is 0 Å². The molecule has 0 fully saturated rings. The molecule has 2 aromatic heterocycles. The highest BCUT2D eigenvalue weighted by atomic mass is 16.3. The van der Waals surface area contributed by atoms with Gasteiger partial charge in [0.15, 0.2) is 0 Å². The lowest BCUT2D eigenvalue weighted by Crippen LogP contribution is -2.52. The van der Waals surface area contributed by atoms with Gasteiger partial charge < -0.3 is 25.8 Å². The first-order chi connectivity index (χ1) is 18.5. The molecular weight excluding hydrogens is 480 g/mol. The van der Waals surface area contributed by atoms with E-state index in [2.05, 4.69) is 20.6 Å². The lowest BCUT2D eigenvalue weighted by Gasteiger charge is -2.22. The number of aliphatic hydroxyl groups is 1. The fraction of sp³-hybridized carbons (Fsp3) is 0.167. The molecule has 5 N–H and O–H groups in total. The van der Waals surface area contributed by atoms with Crippen LogP contribution in [0.25, 0.3) is 21.8 Å². The van der Waals surface area contributed by atoms with E-state index in [9.17, 15) is 19.8 Å². The number of aromatic nitrogens is 2. The molecule has 5 rings (SSSR count). The van der Waals surface area contributed by atoms with E-state index in [-0.39, 0.29) is 24.5 Å². The molecule has 2 atom stereocenters. The van der Waals surface area contributed by atoms with Crippen molar-refractivity contribution in [3.05, 3.63) is 108 Å². The van der Waals surface area contributed by atoms with Crippen molar-refractivity contribution in [1.29, 1.82) is 0 Å². The normalized spacial score (nSPS) is 12.8. The van der Waals surface area contributed by atoms with Gasteiger partial charge in [-0.15, -0.1) is 0 Å². The maximum absolute atomic E-state index is 13.4. The Hall–Kier alpha value is -4.69. The molecule has 2 amide bonds. The zero-order valence-electron chi connectivity index (χ0n) is 20.6. The fourth-order valence-electron chi connectivity index (χ4n) is 4.53. The third kappa shape index (κ3) is 5.66. The van der Waals surface area contributed by atoms with Gasteiger partial charge in [0.05, 0.1) is 18.2 Å². The number of phenolic OH excluding ortho intramolecular Hbond substituents is 1. The monoisotopic (exact) mass is 508 g/mol. The number of hydrogen-bond acceptors (Lipinski definition) is 5. The zero-order chi connectivity index (χ0) is 26.5. The number of H-pyrrole nitrogens is 1. The first-order valence-corrected chi connectivity index (χ1v) is 12.4. The lowest BCUT2D eigenvalue weighted by molar-refractivity contribution is -0.124. The topological polar surface area (TPSA) is 127 Å². The van der Waals surface area contributed by atoms with Crippen LogP contribution in [0.3, 0.4) is 0 Å². The van der Waals surface area contributed by atoms with Gasteiger partial charge in [-0.2, -0.15) is 0 Å². The van der Waals surface area contributed by atoms with Crippen LogP contribution in [0.5, 0.6) is 5.75 Å². The molecule has 0 aliphatic rings. The number of rotatable bonds is 9. The predicted octanol–water partition coefficient (Wildman–Crippen LogP) is 3.48. The third-order valence-corrected chi connectivity index (χ3v) is 6.54. The summed E-state index contributed by atoms with van der Waals surface area (Å²) in [6, 6.07) is 23.7. The van der Waals surface area contributed by atoms with Crippen LogP contribution in [0, 0.1) is 0 Å². The number of amides is 2. The van der Waals surface area contributed by atoms with E-state index in [0.717, 1.165) is 27.4 Å². The Morgan fingerprint density at radius 3 is 2.45 bits per heavy atom. The summed E-state index contributed by atoms with van der Waals surface area (Å²) in [5.41, 5.74) is 3.58. The summed E-state index contributed by atoms with van der Waals surface area (Å²) in [4.78, 5) is 34.3. The van der Waals surface area contributed by atoms with Crippen LogP contribution < -0.4 is 10.6 Å². The number of hydrogen-bond donors (Lipinski definition) is 5. The van der Waals surface area contributed by atoms with E-state index in [1.54, 1.807) is 18.2 Å². The number of pyridine rings is 1. The van der Waals surface area contributed by atoms with Gasteiger partial charge in [0.25, 0.3) is 5.91 Å². The highest BCUT2D eigenvalue weighted by molar-refractivity contribution is 5.98. The van der Waals surface area contributed by atoms with Crippen LogP contribution in [0.1, 0.15) is 21.6 Å². The number of carbonyl (C=O) groups is 2. The molecule has 192 valence electrons. The molecule has 38 heavy (non-hydrogen) atoms. The molecule has 8 heteroatoms. The van der Waals surface area contributed by atoms with Gasteiger partial charge in [0.1, 0.15) is 17.5 Å². The molecule has 0 saturated carbocycles.